The van der Waals surface area contributed by atoms with E-state index >= 15 is 0 Å². The minimum atomic E-state index is -0.280. The maximum Gasteiger partial charge on any atom is 0.323 e. The van der Waals surface area contributed by atoms with Gasteiger partial charge in [0.15, 0.2) is 0 Å². The molecule has 4 bridgehead atoms. The maximum absolute atomic E-state index is 12.1. The number of esters is 1. The third-order valence-corrected chi connectivity index (χ3v) is 6.78. The smallest absolute Gasteiger partial charge is 0.323 e. The van der Waals surface area contributed by atoms with Crippen molar-refractivity contribution < 1.29 is 9.53 Å². The van der Waals surface area contributed by atoms with Gasteiger partial charge in [-0.15, -0.1) is 0 Å². The van der Waals surface area contributed by atoms with Crippen LogP contribution < -0.4 is 0 Å². The Morgan fingerprint density at radius 1 is 1.18 bits per heavy atom. The number of rotatable bonds is 1. The molecule has 88 valence electrons. The zero-order valence-electron chi connectivity index (χ0n) is 9.36. The quantitative estimate of drug-likeness (QED) is 0.446. The summed E-state index contributed by atoms with van der Waals surface area (Å²) in [5, 5.41) is 0. The van der Waals surface area contributed by atoms with E-state index in [-0.39, 0.29) is 15.0 Å². The molecule has 3 heteroatoms. The Morgan fingerprint density at radius 3 is 2.47 bits per heavy atom. The molecule has 0 amide bonds. The number of halogens is 1. The van der Waals surface area contributed by atoms with Crippen LogP contribution in [-0.4, -0.2) is 9.39 Å². The lowest BCUT2D eigenvalue weighted by Crippen LogP contribution is -2.65. The van der Waals surface area contributed by atoms with Crippen molar-refractivity contribution in [2.24, 2.45) is 11.8 Å². The highest BCUT2D eigenvalue weighted by Gasteiger charge is 2.83. The number of ether oxygens (including phenoxy) is 1. The molecule has 2 aliphatic carbocycles. The number of carbonyl (C=O) groups is 1. The van der Waals surface area contributed by atoms with Gasteiger partial charge >= 0.3 is 5.97 Å². The van der Waals surface area contributed by atoms with Crippen molar-refractivity contribution in [2.45, 2.75) is 28.3 Å². The SMILES string of the molecule is O=C1OC2(c3ccccc3)C3CCCC2C13I. The maximum atomic E-state index is 12.1. The summed E-state index contributed by atoms with van der Waals surface area (Å²) in [5.41, 5.74) is 0.922. The summed E-state index contributed by atoms with van der Waals surface area (Å²) < 4.78 is 5.62. The number of hydrogen-bond donors (Lipinski definition) is 0. The van der Waals surface area contributed by atoms with Crippen LogP contribution >= 0.6 is 22.6 Å². The van der Waals surface area contributed by atoms with Crippen molar-refractivity contribution in [3.05, 3.63) is 35.9 Å². The molecule has 2 unspecified atom stereocenters. The fourth-order valence-corrected chi connectivity index (χ4v) is 5.87. The van der Waals surface area contributed by atoms with Gasteiger partial charge in [0.1, 0.15) is 9.02 Å². The van der Waals surface area contributed by atoms with Crippen molar-refractivity contribution in [1.29, 1.82) is 0 Å². The summed E-state index contributed by atoms with van der Waals surface area (Å²) in [4.78, 5) is 12.1. The molecule has 1 aromatic rings. The molecule has 2 saturated heterocycles. The molecule has 0 spiro atoms. The Balaban J connectivity index is 1.89. The Morgan fingerprint density at radius 2 is 1.82 bits per heavy atom. The molecule has 2 nitrogen and oxygen atoms in total. The van der Waals surface area contributed by atoms with E-state index in [1.54, 1.807) is 0 Å². The predicted octanol–water partition coefficient (Wildman–Crippen LogP) is 3.04. The monoisotopic (exact) mass is 340 g/mol. The van der Waals surface area contributed by atoms with Gasteiger partial charge in [0.05, 0.1) is 0 Å². The average Bonchev–Trinajstić information content (AvgIpc) is 2.77. The summed E-state index contributed by atoms with van der Waals surface area (Å²) in [6.45, 7) is 0. The molecule has 0 radical (unpaired) electrons. The van der Waals surface area contributed by atoms with Crippen molar-refractivity contribution in [2.75, 3.05) is 0 Å². The van der Waals surface area contributed by atoms with E-state index in [1.165, 1.54) is 12.0 Å². The molecule has 17 heavy (non-hydrogen) atoms. The van der Waals surface area contributed by atoms with Gasteiger partial charge in [-0.2, -0.15) is 0 Å². The van der Waals surface area contributed by atoms with E-state index in [0.717, 1.165) is 12.8 Å². The molecule has 2 atom stereocenters. The number of carbonyl (C=O) groups excluding carboxylic acids is 1. The van der Waals surface area contributed by atoms with Crippen molar-refractivity contribution >= 4 is 28.6 Å². The van der Waals surface area contributed by atoms with Crippen LogP contribution in [0, 0.1) is 11.8 Å². The number of hydrogen-bond acceptors (Lipinski definition) is 2. The van der Waals surface area contributed by atoms with Crippen LogP contribution in [0.4, 0.5) is 0 Å². The Hall–Kier alpha value is -0.580. The lowest BCUT2D eigenvalue weighted by atomic mass is 9.48. The van der Waals surface area contributed by atoms with Crippen molar-refractivity contribution in [1.82, 2.24) is 0 Å². The van der Waals surface area contributed by atoms with Crippen molar-refractivity contribution in [3.63, 3.8) is 0 Å². The third-order valence-electron chi connectivity index (χ3n) is 4.83. The number of benzene rings is 1. The Bertz CT molecular complexity index is 484. The number of alkyl halides is 1. The van der Waals surface area contributed by atoms with Gasteiger partial charge in [0, 0.05) is 11.8 Å². The van der Waals surface area contributed by atoms with Crippen LogP contribution in [0.1, 0.15) is 24.8 Å². The first-order chi connectivity index (χ1) is 8.20. The molecule has 4 fully saturated rings. The minimum Gasteiger partial charge on any atom is -0.452 e. The van der Waals surface area contributed by atoms with E-state index in [9.17, 15) is 4.79 Å². The summed E-state index contributed by atoms with van der Waals surface area (Å²) in [6, 6.07) is 10.3. The summed E-state index contributed by atoms with van der Waals surface area (Å²) in [6.07, 6.45) is 3.49. The minimum absolute atomic E-state index is 0.0247. The zero-order chi connectivity index (χ0) is 11.7. The lowest BCUT2D eigenvalue weighted by Gasteiger charge is -2.58. The van der Waals surface area contributed by atoms with Crippen molar-refractivity contribution in [3.8, 4) is 0 Å². The summed E-state index contributed by atoms with van der Waals surface area (Å²) in [5.74, 6) is 0.810. The van der Waals surface area contributed by atoms with Gasteiger partial charge in [-0.1, -0.05) is 59.3 Å². The van der Waals surface area contributed by atoms with Gasteiger partial charge in [0.2, 0.25) is 0 Å². The molecule has 0 N–H and O–H groups in total. The van der Waals surface area contributed by atoms with Crippen LogP contribution in [0.15, 0.2) is 30.3 Å². The first kappa shape index (κ1) is 10.4. The second-order valence-electron chi connectivity index (χ2n) is 5.35. The normalized spacial score (nSPS) is 46.3. The predicted molar refractivity (Wildman–Crippen MR) is 71.8 cm³/mol. The molecule has 1 aromatic carbocycles. The van der Waals surface area contributed by atoms with Crippen LogP contribution in [-0.2, 0) is 15.1 Å². The lowest BCUT2D eigenvalue weighted by molar-refractivity contribution is -0.153. The largest absolute Gasteiger partial charge is 0.452 e. The molecule has 4 aliphatic rings. The average molecular weight is 340 g/mol. The topological polar surface area (TPSA) is 26.3 Å². The highest BCUT2D eigenvalue weighted by Crippen LogP contribution is 2.75. The second kappa shape index (κ2) is 3.05. The Kier molecular flexibility index (Phi) is 1.86. The van der Waals surface area contributed by atoms with E-state index in [0.29, 0.717) is 11.8 Å². The van der Waals surface area contributed by atoms with Gasteiger partial charge in [-0.05, 0) is 18.4 Å². The van der Waals surface area contributed by atoms with Gasteiger partial charge in [-0.3, -0.25) is 4.79 Å². The van der Waals surface area contributed by atoms with E-state index in [1.807, 2.05) is 18.2 Å². The van der Waals surface area contributed by atoms with Crippen LogP contribution in [0.5, 0.6) is 0 Å². The standard InChI is InChI=1S/C14H13IO2/c15-13-10-7-4-8-11(13)14(10,17-12(13)16)9-5-2-1-3-6-9/h1-3,5-6,10-11H,4,7-8H2. The molecular formula is C14H13IO2. The highest BCUT2D eigenvalue weighted by atomic mass is 127. The van der Waals surface area contributed by atoms with Crippen LogP contribution in [0.25, 0.3) is 0 Å². The van der Waals surface area contributed by atoms with Gasteiger partial charge in [-0.25, -0.2) is 0 Å². The van der Waals surface area contributed by atoms with Gasteiger partial charge in [0.25, 0.3) is 0 Å². The fourth-order valence-electron chi connectivity index (χ4n) is 4.21. The molecule has 2 saturated carbocycles. The summed E-state index contributed by atoms with van der Waals surface area (Å²) in [7, 11) is 0. The molecule has 5 rings (SSSR count). The van der Waals surface area contributed by atoms with E-state index < -0.39 is 0 Å². The van der Waals surface area contributed by atoms with Crippen LogP contribution in [0.3, 0.4) is 0 Å². The van der Waals surface area contributed by atoms with E-state index in [2.05, 4.69) is 34.7 Å². The molecular weight excluding hydrogens is 327 g/mol. The molecule has 2 aliphatic heterocycles. The van der Waals surface area contributed by atoms with E-state index in [4.69, 9.17) is 4.74 Å². The number of fused-ring (bicyclic) bond motifs is 1. The Labute approximate surface area is 114 Å². The fraction of sp³-hybridized carbons (Fsp3) is 0.500. The first-order valence-electron chi connectivity index (χ1n) is 6.18. The molecule has 0 aromatic heterocycles. The zero-order valence-corrected chi connectivity index (χ0v) is 11.5. The van der Waals surface area contributed by atoms with Crippen LogP contribution in [0.2, 0.25) is 0 Å². The summed E-state index contributed by atoms with van der Waals surface area (Å²) >= 11 is 2.36. The third kappa shape index (κ3) is 0.938. The highest BCUT2D eigenvalue weighted by molar-refractivity contribution is 14.1. The second-order valence-corrected chi connectivity index (χ2v) is 7.14. The molecule has 2 heterocycles. The first-order valence-corrected chi connectivity index (χ1v) is 7.26. The van der Waals surface area contributed by atoms with Gasteiger partial charge < -0.3 is 4.74 Å².